The molecule has 0 saturated carbocycles. The van der Waals surface area contributed by atoms with Crippen molar-refractivity contribution >= 4 is 17.2 Å². The van der Waals surface area contributed by atoms with Gasteiger partial charge in [-0.1, -0.05) is 13.8 Å². The van der Waals surface area contributed by atoms with Crippen molar-refractivity contribution in [2.24, 2.45) is 0 Å². The molecule has 1 heterocycles. The number of hydrogen-bond acceptors (Lipinski definition) is 5. The average Bonchev–Trinajstić information content (AvgIpc) is 2.75. The second kappa shape index (κ2) is 8.50. The maximum atomic E-state index is 13.1. The van der Waals surface area contributed by atoms with E-state index in [-0.39, 0.29) is 18.2 Å². The molecule has 1 rings (SSSR count). The molecule has 2 N–H and O–H groups in total. The highest BCUT2D eigenvalue weighted by molar-refractivity contribution is 7.14. The van der Waals surface area contributed by atoms with Crippen molar-refractivity contribution in [3.63, 3.8) is 0 Å². The number of thiophene rings is 1. The lowest BCUT2D eigenvalue weighted by molar-refractivity contribution is 0.0528. The summed E-state index contributed by atoms with van der Waals surface area (Å²) in [5.41, 5.74) is 1.04. The minimum Gasteiger partial charge on any atom is -0.495 e. The van der Waals surface area contributed by atoms with Gasteiger partial charge >= 0.3 is 0 Å². The topological polar surface area (TPSA) is 53.6 Å². The number of rotatable bonds is 8. The van der Waals surface area contributed by atoms with Crippen LogP contribution in [0.15, 0.2) is 0 Å². The van der Waals surface area contributed by atoms with E-state index in [9.17, 15) is 4.79 Å². The maximum Gasteiger partial charge on any atom is 0.270 e. The first-order valence-electron chi connectivity index (χ1n) is 7.82. The number of nitrogens with one attached hydrogen (secondary N) is 2. The van der Waals surface area contributed by atoms with Crippen molar-refractivity contribution in [1.82, 2.24) is 15.5 Å². The first kappa shape index (κ1) is 18.9. The van der Waals surface area contributed by atoms with Gasteiger partial charge in [0.2, 0.25) is 0 Å². The lowest BCUT2D eigenvalue weighted by Gasteiger charge is -2.35. The van der Waals surface area contributed by atoms with E-state index in [1.54, 1.807) is 7.11 Å². The van der Waals surface area contributed by atoms with Gasteiger partial charge in [0.25, 0.3) is 5.91 Å². The van der Waals surface area contributed by atoms with Crippen molar-refractivity contribution in [1.29, 1.82) is 0 Å². The molecule has 0 aliphatic carbocycles. The lowest BCUT2D eigenvalue weighted by atomic mass is 10.2. The minimum atomic E-state index is -0.0565. The summed E-state index contributed by atoms with van der Waals surface area (Å²) in [6, 6.07) is 0. The molecule has 6 heteroatoms. The summed E-state index contributed by atoms with van der Waals surface area (Å²) in [7, 11) is 1.62. The normalized spacial score (nSPS) is 13.8. The zero-order valence-electron chi connectivity index (χ0n) is 14.7. The molecule has 1 aromatic heterocycles. The molecule has 1 amide bonds. The first-order chi connectivity index (χ1) is 10.4. The van der Waals surface area contributed by atoms with E-state index in [1.807, 2.05) is 46.4 Å². The monoisotopic (exact) mass is 327 g/mol. The second-order valence-corrected chi connectivity index (χ2v) is 6.55. The third-order valence-corrected chi connectivity index (χ3v) is 4.97. The molecule has 0 aromatic carbocycles. The molecule has 0 spiro atoms. The summed E-state index contributed by atoms with van der Waals surface area (Å²) in [5.74, 6) is 0.699. The number of hydrogen-bond donors (Lipinski definition) is 2. The molecule has 0 bridgehead atoms. The summed E-state index contributed by atoms with van der Waals surface area (Å²) in [4.78, 5) is 16.7. The molecule has 0 fully saturated rings. The molecule has 22 heavy (non-hydrogen) atoms. The minimum absolute atomic E-state index is 0.0000463. The Morgan fingerprint density at radius 2 is 1.68 bits per heavy atom. The van der Waals surface area contributed by atoms with Crippen LogP contribution in [-0.4, -0.2) is 43.3 Å². The van der Waals surface area contributed by atoms with Gasteiger partial charge in [0.05, 0.1) is 19.4 Å². The fourth-order valence-electron chi connectivity index (χ4n) is 2.58. The fourth-order valence-corrected chi connectivity index (χ4v) is 3.66. The highest BCUT2D eigenvalue weighted by Gasteiger charge is 2.30. The van der Waals surface area contributed by atoms with Crippen LogP contribution in [0, 0.1) is 13.8 Å². The Balaban J connectivity index is 3.18. The van der Waals surface area contributed by atoms with E-state index >= 15 is 0 Å². The third-order valence-electron chi connectivity index (χ3n) is 3.80. The first-order valence-corrected chi connectivity index (χ1v) is 8.63. The molecule has 1 aromatic rings. The van der Waals surface area contributed by atoms with Crippen molar-refractivity contribution in [3.05, 3.63) is 15.3 Å². The summed E-state index contributed by atoms with van der Waals surface area (Å²) < 4.78 is 5.47. The van der Waals surface area contributed by atoms with Gasteiger partial charge in [-0.15, -0.1) is 11.3 Å². The Labute approximate surface area is 138 Å². The molecule has 0 saturated heterocycles. The van der Waals surface area contributed by atoms with E-state index < -0.39 is 0 Å². The molecule has 0 radical (unpaired) electrons. The van der Waals surface area contributed by atoms with E-state index in [4.69, 9.17) is 4.74 Å². The van der Waals surface area contributed by atoms with Gasteiger partial charge in [-0.05, 0) is 40.8 Å². The van der Waals surface area contributed by atoms with Crippen LogP contribution in [0.1, 0.15) is 47.8 Å². The third kappa shape index (κ3) is 4.00. The summed E-state index contributed by atoms with van der Waals surface area (Å²) >= 11 is 1.50. The van der Waals surface area contributed by atoms with Crippen molar-refractivity contribution in [2.45, 2.75) is 53.9 Å². The van der Waals surface area contributed by atoms with Crippen LogP contribution in [-0.2, 0) is 0 Å². The van der Waals surface area contributed by atoms with Crippen molar-refractivity contribution in [2.75, 3.05) is 20.2 Å². The average molecular weight is 327 g/mol. The summed E-state index contributed by atoms with van der Waals surface area (Å²) in [5, 5.41) is 6.65. The Morgan fingerprint density at radius 1 is 1.18 bits per heavy atom. The Kier molecular flexibility index (Phi) is 7.32. The zero-order chi connectivity index (χ0) is 16.9. The van der Waals surface area contributed by atoms with E-state index in [2.05, 4.69) is 10.6 Å². The number of carbonyl (C=O) groups excluding carboxylic acids is 1. The quantitative estimate of drug-likeness (QED) is 0.721. The van der Waals surface area contributed by atoms with Gasteiger partial charge in [-0.2, -0.15) is 0 Å². The van der Waals surface area contributed by atoms with E-state index in [1.165, 1.54) is 11.3 Å². The molecule has 5 nitrogen and oxygen atoms in total. The van der Waals surface area contributed by atoms with Crippen LogP contribution >= 0.6 is 11.3 Å². The Hall–Kier alpha value is -1.11. The highest BCUT2D eigenvalue weighted by Crippen LogP contribution is 2.35. The number of carbonyl (C=O) groups is 1. The predicted octanol–water partition coefficient (Wildman–Crippen LogP) is 2.73. The van der Waals surface area contributed by atoms with E-state index in [0.717, 1.165) is 23.5 Å². The van der Waals surface area contributed by atoms with Gasteiger partial charge in [-0.25, -0.2) is 0 Å². The predicted molar refractivity (Wildman–Crippen MR) is 92.8 cm³/mol. The van der Waals surface area contributed by atoms with Crippen LogP contribution in [0.2, 0.25) is 0 Å². The van der Waals surface area contributed by atoms with Crippen LogP contribution in [0.3, 0.4) is 0 Å². The van der Waals surface area contributed by atoms with Crippen molar-refractivity contribution < 1.29 is 9.53 Å². The fraction of sp³-hybridized carbons (Fsp3) is 0.688. The highest BCUT2D eigenvalue weighted by atomic mass is 32.1. The smallest absolute Gasteiger partial charge is 0.270 e. The zero-order valence-corrected chi connectivity index (χ0v) is 15.6. The van der Waals surface area contributed by atoms with Crippen LogP contribution < -0.4 is 15.4 Å². The standard InChI is InChI=1S/C16H29N3O2S/c1-8-17-12(5)19(13(6)18-9-2)16(20)15-14(21-7)10(3)11(4)22-15/h12-13,17-18H,8-9H2,1-7H3. The number of aryl methyl sites for hydroxylation is 1. The van der Waals surface area contributed by atoms with Gasteiger partial charge in [0, 0.05) is 10.4 Å². The molecule has 2 atom stereocenters. The van der Waals surface area contributed by atoms with Gasteiger partial charge in [0.15, 0.2) is 0 Å². The molecule has 0 aliphatic rings. The Bertz CT molecular complexity index is 490. The Morgan fingerprint density at radius 3 is 2.09 bits per heavy atom. The van der Waals surface area contributed by atoms with Gasteiger partial charge < -0.3 is 9.64 Å². The summed E-state index contributed by atoms with van der Waals surface area (Å²) in [6.45, 7) is 13.7. The number of ether oxygens (including phenoxy) is 1. The number of methoxy groups -OCH3 is 1. The van der Waals surface area contributed by atoms with Crippen molar-refractivity contribution in [3.8, 4) is 5.75 Å². The summed E-state index contributed by atoms with van der Waals surface area (Å²) in [6.07, 6.45) is -0.113. The number of amides is 1. The molecule has 0 aliphatic heterocycles. The molecule has 2 unspecified atom stereocenters. The van der Waals surface area contributed by atoms with Crippen LogP contribution in [0.5, 0.6) is 5.75 Å². The maximum absolute atomic E-state index is 13.1. The largest absolute Gasteiger partial charge is 0.495 e. The number of nitrogens with zero attached hydrogens (tertiary/aromatic N) is 1. The SMILES string of the molecule is CCNC(C)N(C(=O)c1sc(C)c(C)c1OC)C(C)NCC. The van der Waals surface area contributed by atoms with Crippen LogP contribution in [0.4, 0.5) is 0 Å². The van der Waals surface area contributed by atoms with Crippen LogP contribution in [0.25, 0.3) is 0 Å². The van der Waals surface area contributed by atoms with E-state index in [0.29, 0.717) is 10.6 Å². The molecular formula is C16H29N3O2S. The molecular weight excluding hydrogens is 298 g/mol. The van der Waals surface area contributed by atoms with Gasteiger partial charge in [0.1, 0.15) is 10.6 Å². The molecule has 126 valence electrons. The lowest BCUT2D eigenvalue weighted by Crippen LogP contribution is -2.55. The van der Waals surface area contributed by atoms with Gasteiger partial charge in [-0.3, -0.25) is 15.4 Å². The second-order valence-electron chi connectivity index (χ2n) is 5.33.